The van der Waals surface area contributed by atoms with Crippen molar-refractivity contribution in [2.75, 3.05) is 13.7 Å². The maximum absolute atomic E-state index is 5.56. The van der Waals surface area contributed by atoms with Gasteiger partial charge in [-0.05, 0) is 24.6 Å². The van der Waals surface area contributed by atoms with E-state index in [-0.39, 0.29) is 0 Å². The van der Waals surface area contributed by atoms with Gasteiger partial charge in [0.1, 0.15) is 11.5 Å². The molecule has 0 saturated heterocycles. The highest BCUT2D eigenvalue weighted by atomic mass is 16.5. The zero-order chi connectivity index (χ0) is 12.1. The van der Waals surface area contributed by atoms with Crippen molar-refractivity contribution in [3.05, 3.63) is 48.5 Å². The van der Waals surface area contributed by atoms with Gasteiger partial charge in [-0.2, -0.15) is 0 Å². The summed E-state index contributed by atoms with van der Waals surface area (Å²) in [6.07, 6.45) is 0. The Morgan fingerprint density at radius 1 is 1.12 bits per heavy atom. The molecule has 0 aliphatic carbocycles. The van der Waals surface area contributed by atoms with E-state index >= 15 is 0 Å². The van der Waals surface area contributed by atoms with E-state index in [9.17, 15) is 0 Å². The Balaban J connectivity index is 2.37. The summed E-state index contributed by atoms with van der Waals surface area (Å²) < 4.78 is 10.7. The number of methoxy groups -OCH3 is 1. The number of ether oxygens (including phenoxy) is 2. The van der Waals surface area contributed by atoms with Crippen molar-refractivity contribution in [1.82, 2.24) is 0 Å². The molecule has 17 heavy (non-hydrogen) atoms. The lowest BCUT2D eigenvalue weighted by Gasteiger charge is -2.10. The van der Waals surface area contributed by atoms with Gasteiger partial charge in [0.05, 0.1) is 13.7 Å². The Bertz CT molecular complexity index is 475. The summed E-state index contributed by atoms with van der Waals surface area (Å²) in [6, 6.07) is 16.9. The first-order valence-electron chi connectivity index (χ1n) is 5.63. The maximum atomic E-state index is 5.56. The summed E-state index contributed by atoms with van der Waals surface area (Å²) in [5.74, 6) is 1.65. The Morgan fingerprint density at radius 2 is 1.88 bits per heavy atom. The zero-order valence-corrected chi connectivity index (χ0v) is 10.1. The number of hydrogen-bond acceptors (Lipinski definition) is 2. The minimum absolute atomic E-state index is 0.643. The molecule has 0 aliphatic rings. The molecule has 0 amide bonds. The topological polar surface area (TPSA) is 18.5 Å². The highest BCUT2D eigenvalue weighted by molar-refractivity contribution is 5.70. The number of para-hydroxylation sites is 1. The van der Waals surface area contributed by atoms with E-state index in [0.29, 0.717) is 6.61 Å². The van der Waals surface area contributed by atoms with Gasteiger partial charge in [-0.15, -0.1) is 0 Å². The van der Waals surface area contributed by atoms with E-state index in [4.69, 9.17) is 9.47 Å². The first-order valence-corrected chi connectivity index (χ1v) is 5.63. The molecule has 0 heterocycles. The highest BCUT2D eigenvalue weighted by Crippen LogP contribution is 2.30. The van der Waals surface area contributed by atoms with Crippen LogP contribution in [0.15, 0.2) is 42.5 Å². The lowest BCUT2D eigenvalue weighted by Crippen LogP contribution is -1.94. The van der Waals surface area contributed by atoms with E-state index < -0.39 is 0 Å². The van der Waals surface area contributed by atoms with Gasteiger partial charge in [-0.1, -0.05) is 30.3 Å². The molecule has 2 nitrogen and oxygen atoms in total. The number of rotatable bonds is 4. The first kappa shape index (κ1) is 11.5. The molecule has 0 saturated carbocycles. The molecule has 0 atom stereocenters. The van der Waals surface area contributed by atoms with Crippen molar-refractivity contribution in [2.45, 2.75) is 6.92 Å². The van der Waals surface area contributed by atoms with Gasteiger partial charge in [0, 0.05) is 11.6 Å². The van der Waals surface area contributed by atoms with Crippen LogP contribution in [-0.2, 0) is 0 Å². The second-order valence-corrected chi connectivity index (χ2v) is 3.57. The molecule has 1 radical (unpaired) electrons. The minimum Gasteiger partial charge on any atom is -0.497 e. The normalized spacial score (nSPS) is 10.0. The second-order valence-electron chi connectivity index (χ2n) is 3.57. The molecule has 2 aromatic rings. The second kappa shape index (κ2) is 5.39. The van der Waals surface area contributed by atoms with Crippen LogP contribution in [-0.4, -0.2) is 13.7 Å². The molecule has 0 unspecified atom stereocenters. The number of benzene rings is 2. The molecule has 0 N–H and O–H groups in total. The summed E-state index contributed by atoms with van der Waals surface area (Å²) >= 11 is 0. The van der Waals surface area contributed by atoms with Crippen LogP contribution < -0.4 is 9.47 Å². The fourth-order valence-corrected chi connectivity index (χ4v) is 1.68. The average Bonchev–Trinajstić information content (AvgIpc) is 2.40. The van der Waals surface area contributed by atoms with E-state index in [1.165, 1.54) is 0 Å². The molecule has 0 bridgehead atoms. The fourth-order valence-electron chi connectivity index (χ4n) is 1.68. The van der Waals surface area contributed by atoms with E-state index in [2.05, 4.69) is 6.07 Å². The lowest BCUT2D eigenvalue weighted by atomic mass is 10.0. The van der Waals surface area contributed by atoms with Crippen LogP contribution in [0, 0.1) is 6.07 Å². The lowest BCUT2D eigenvalue weighted by molar-refractivity contribution is 0.341. The molecular formula is C15H15O2. The molecule has 0 fully saturated rings. The highest BCUT2D eigenvalue weighted by Gasteiger charge is 2.05. The average molecular weight is 227 g/mol. The SMILES string of the molecule is CCOc1[c]cccc1-c1ccc(OC)cc1. The predicted molar refractivity (Wildman–Crippen MR) is 68.4 cm³/mol. The molecule has 0 aromatic heterocycles. The molecule has 2 heteroatoms. The Kier molecular flexibility index (Phi) is 3.66. The third kappa shape index (κ3) is 2.59. The summed E-state index contributed by atoms with van der Waals surface area (Å²) in [7, 11) is 1.66. The van der Waals surface area contributed by atoms with Crippen molar-refractivity contribution in [2.24, 2.45) is 0 Å². The van der Waals surface area contributed by atoms with Crippen LogP contribution in [0.3, 0.4) is 0 Å². The van der Waals surface area contributed by atoms with E-state index in [1.807, 2.05) is 49.4 Å². The van der Waals surface area contributed by atoms with Crippen molar-refractivity contribution in [3.8, 4) is 22.6 Å². The Hall–Kier alpha value is -1.96. The van der Waals surface area contributed by atoms with Crippen LogP contribution in [0.5, 0.6) is 11.5 Å². The van der Waals surface area contributed by atoms with Gasteiger partial charge < -0.3 is 9.47 Å². The Labute approximate surface area is 102 Å². The first-order chi connectivity index (χ1) is 8.35. The molecular weight excluding hydrogens is 212 g/mol. The monoisotopic (exact) mass is 227 g/mol. The minimum atomic E-state index is 0.643. The third-order valence-corrected chi connectivity index (χ3v) is 2.51. The maximum Gasteiger partial charge on any atom is 0.135 e. The van der Waals surface area contributed by atoms with Crippen molar-refractivity contribution < 1.29 is 9.47 Å². The van der Waals surface area contributed by atoms with Gasteiger partial charge in [0.2, 0.25) is 0 Å². The van der Waals surface area contributed by atoms with Gasteiger partial charge in [0.25, 0.3) is 0 Å². The van der Waals surface area contributed by atoms with Crippen LogP contribution in [0.25, 0.3) is 11.1 Å². The zero-order valence-electron chi connectivity index (χ0n) is 10.1. The smallest absolute Gasteiger partial charge is 0.135 e. The molecule has 2 rings (SSSR count). The molecule has 0 aliphatic heterocycles. The van der Waals surface area contributed by atoms with Gasteiger partial charge in [-0.25, -0.2) is 0 Å². The molecule has 87 valence electrons. The van der Waals surface area contributed by atoms with Crippen molar-refractivity contribution in [3.63, 3.8) is 0 Å². The van der Waals surface area contributed by atoms with E-state index in [0.717, 1.165) is 22.6 Å². The van der Waals surface area contributed by atoms with Crippen LogP contribution in [0.4, 0.5) is 0 Å². The summed E-state index contributed by atoms with van der Waals surface area (Å²) in [4.78, 5) is 0. The van der Waals surface area contributed by atoms with Crippen molar-refractivity contribution in [1.29, 1.82) is 0 Å². The third-order valence-electron chi connectivity index (χ3n) is 2.51. The Morgan fingerprint density at radius 3 is 2.53 bits per heavy atom. The van der Waals surface area contributed by atoms with Gasteiger partial charge in [0.15, 0.2) is 0 Å². The fraction of sp³-hybridized carbons (Fsp3) is 0.200. The summed E-state index contributed by atoms with van der Waals surface area (Å²) in [5, 5.41) is 0. The van der Waals surface area contributed by atoms with Gasteiger partial charge in [-0.3, -0.25) is 0 Å². The summed E-state index contributed by atoms with van der Waals surface area (Å²) in [5.41, 5.74) is 2.16. The largest absolute Gasteiger partial charge is 0.497 e. The molecule has 0 spiro atoms. The number of hydrogen-bond donors (Lipinski definition) is 0. The van der Waals surface area contributed by atoms with E-state index in [1.54, 1.807) is 7.11 Å². The standard InChI is InChI=1S/C15H15O2/c1-3-17-15-7-5-4-6-14(15)12-8-10-13(16-2)11-9-12/h4-6,8-11H,3H2,1-2H3. The van der Waals surface area contributed by atoms with Crippen molar-refractivity contribution >= 4 is 0 Å². The van der Waals surface area contributed by atoms with Crippen LogP contribution >= 0.6 is 0 Å². The van der Waals surface area contributed by atoms with Crippen LogP contribution in [0.1, 0.15) is 6.92 Å². The summed E-state index contributed by atoms with van der Waals surface area (Å²) in [6.45, 7) is 2.61. The quantitative estimate of drug-likeness (QED) is 0.795. The molecule has 2 aromatic carbocycles. The van der Waals surface area contributed by atoms with Gasteiger partial charge >= 0.3 is 0 Å². The predicted octanol–water partition coefficient (Wildman–Crippen LogP) is 3.56. The van der Waals surface area contributed by atoms with Crippen LogP contribution in [0.2, 0.25) is 0 Å².